The molecule has 0 bridgehead atoms. The highest BCUT2D eigenvalue weighted by Crippen LogP contribution is 2.28. The first kappa shape index (κ1) is 57.2. The van der Waals surface area contributed by atoms with Crippen LogP contribution in [0.3, 0.4) is 0 Å². The number of carboxylic acid groups (broad SMARTS) is 1. The Balaban J connectivity index is -0.0000000710. The van der Waals surface area contributed by atoms with E-state index < -0.39 is 13.6 Å². The molecule has 4 heterocycles. The Morgan fingerprint density at radius 3 is 1.09 bits per heavy atom. The van der Waals surface area contributed by atoms with E-state index >= 15 is 0 Å². The van der Waals surface area contributed by atoms with Crippen molar-refractivity contribution in [1.29, 1.82) is 0 Å². The van der Waals surface area contributed by atoms with Gasteiger partial charge in [-0.25, -0.2) is 4.98 Å². The topological polar surface area (TPSA) is 199 Å². The molecule has 1 aromatic rings. The molecule has 3 aliphatic rings. The molecule has 0 aliphatic carbocycles. The van der Waals surface area contributed by atoms with Gasteiger partial charge in [-0.1, -0.05) is 13.2 Å². The predicted octanol–water partition coefficient (Wildman–Crippen LogP) is -4.62. The van der Waals surface area contributed by atoms with Crippen molar-refractivity contribution < 1.29 is 52.2 Å². The third kappa shape index (κ3) is 42.7. The third-order valence-electron chi connectivity index (χ3n) is 5.07. The standard InChI is InChI=1S/3C5H12N2.C4H6N2.C3H4O2.C2H5O3P.2CH3.BrH.2H2O/c3*1-6-3-4-7(2)5-6;1-6-3-2-5-4-6;1-2-3(4)5;1-2-6(3,4)5;;;;;/h3*3-5H2,1-2H3;2-4H,1H3;2H,1H2,(H,4,5);2H,1H2,(H2,3,4,5);2*1H3;1H;2*1H2/q;;;;;;2*-1;;;/p-4. The molecule has 1 atom stereocenters. The average Bonchev–Trinajstić information content (AvgIpc) is 3.63. The van der Waals surface area contributed by atoms with Crippen LogP contribution in [0.5, 0.6) is 0 Å². The quantitative estimate of drug-likeness (QED) is 0.175. The summed E-state index contributed by atoms with van der Waals surface area (Å²) in [7, 11) is 10.7. The highest BCUT2D eigenvalue weighted by Gasteiger charge is 2.11. The molecule has 43 heavy (non-hydrogen) atoms. The third-order valence-corrected chi connectivity index (χ3v) is 5.53. The average molecular weight is 706 g/mol. The van der Waals surface area contributed by atoms with Crippen LogP contribution in [0.15, 0.2) is 43.8 Å². The van der Waals surface area contributed by atoms with Gasteiger partial charge in [-0.15, -0.1) is 0 Å². The van der Waals surface area contributed by atoms with Gasteiger partial charge in [-0.3, -0.25) is 29.4 Å². The minimum absolute atomic E-state index is 0. The summed E-state index contributed by atoms with van der Waals surface area (Å²) in [4.78, 5) is 43.9. The van der Waals surface area contributed by atoms with Crippen LogP contribution in [-0.4, -0.2) is 162 Å². The number of rotatable bonds is 2. The summed E-state index contributed by atoms with van der Waals surface area (Å²) in [6.45, 7) is 16.5. The molecular weight excluding hydrogens is 647 g/mol. The molecule has 4 rings (SSSR count). The van der Waals surface area contributed by atoms with Gasteiger partial charge in [0.15, 0.2) is 7.60 Å². The number of aryl methyl sites for hydroxylation is 1. The Morgan fingerprint density at radius 2 is 1.05 bits per heavy atom. The van der Waals surface area contributed by atoms with Crippen molar-refractivity contribution in [3.05, 3.63) is 58.6 Å². The number of halogens is 1. The number of hydrogen-bond donors (Lipinski definition) is 1. The Morgan fingerprint density at radius 1 is 0.814 bits per heavy atom. The van der Waals surface area contributed by atoms with Crippen molar-refractivity contribution in [3.63, 3.8) is 0 Å². The fraction of sp³-hybridized carbons (Fsp3) is 0.615. The van der Waals surface area contributed by atoms with E-state index in [4.69, 9.17) is 14.8 Å². The van der Waals surface area contributed by atoms with E-state index in [0.29, 0.717) is 5.82 Å². The van der Waals surface area contributed by atoms with Gasteiger partial charge in [0.25, 0.3) is 0 Å². The molecule has 0 amide bonds. The maximum atomic E-state index is 9.47. The Hall–Kier alpha value is -1.53. The molecule has 17 heteroatoms. The molecule has 3 saturated heterocycles. The lowest BCUT2D eigenvalue weighted by Gasteiger charge is -2.06. The predicted molar refractivity (Wildman–Crippen MR) is 167 cm³/mol. The van der Waals surface area contributed by atoms with Crippen LogP contribution in [0.25, 0.3) is 0 Å². The van der Waals surface area contributed by atoms with Crippen molar-refractivity contribution in [2.45, 2.75) is 0 Å². The molecule has 0 saturated carbocycles. The Kier molecular flexibility index (Phi) is 44.4. The number of aromatic nitrogens is 2. The van der Waals surface area contributed by atoms with Gasteiger partial charge >= 0.3 is 0 Å². The van der Waals surface area contributed by atoms with Crippen LogP contribution < -0.4 is 27.0 Å². The molecule has 262 valence electrons. The van der Waals surface area contributed by atoms with Crippen molar-refractivity contribution in [3.8, 4) is 0 Å². The van der Waals surface area contributed by atoms with Gasteiger partial charge in [0.05, 0.1) is 32.3 Å². The van der Waals surface area contributed by atoms with Crippen LogP contribution in [-0.2, 0) is 16.4 Å². The minimum atomic E-state index is -4.13. The monoisotopic (exact) mass is 704 g/mol. The second kappa shape index (κ2) is 33.4. The van der Waals surface area contributed by atoms with Gasteiger partial charge in [0.1, 0.15) is 0 Å². The number of imidazole rings is 1. The highest BCUT2D eigenvalue weighted by atomic mass is 79.9. The molecule has 1 aromatic heterocycles. The van der Waals surface area contributed by atoms with Crippen molar-refractivity contribution in [2.75, 3.05) is 102 Å². The van der Waals surface area contributed by atoms with E-state index in [0.717, 1.165) is 26.1 Å². The van der Waals surface area contributed by atoms with Crippen LogP contribution in [0.4, 0.5) is 0 Å². The summed E-state index contributed by atoms with van der Waals surface area (Å²) >= 11 is 0. The normalized spacial score (nSPS) is 17.6. The summed E-state index contributed by atoms with van der Waals surface area (Å²) in [5.74, 6) is -0.738. The van der Waals surface area contributed by atoms with Crippen LogP contribution in [0, 0.1) is 14.9 Å². The first-order chi connectivity index (χ1) is 17.6. The fourth-order valence-electron chi connectivity index (χ4n) is 3.01. The maximum absolute atomic E-state index is 9.47. The summed E-state index contributed by atoms with van der Waals surface area (Å²) in [5, 5.41) is 9.14. The van der Waals surface area contributed by atoms with Gasteiger partial charge in [-0.2, -0.15) is 0 Å². The number of hydrogen-bond acceptors (Lipinski definition) is 12. The molecule has 4 N–H and O–H groups in total. The minimum Gasteiger partial charge on any atom is -1.00 e. The zero-order valence-electron chi connectivity index (χ0n) is 27.6. The van der Waals surface area contributed by atoms with E-state index in [-0.39, 0.29) is 42.8 Å². The zero-order chi connectivity index (χ0) is 29.7. The van der Waals surface area contributed by atoms with E-state index in [1.807, 2.05) is 17.8 Å². The molecule has 0 spiro atoms. The van der Waals surface area contributed by atoms with Gasteiger partial charge < -0.3 is 71.6 Å². The Labute approximate surface area is 271 Å². The molecule has 3 aliphatic heterocycles. The van der Waals surface area contributed by atoms with Crippen molar-refractivity contribution >= 4 is 13.6 Å². The van der Waals surface area contributed by atoms with Crippen molar-refractivity contribution in [2.24, 2.45) is 7.05 Å². The number of carbonyl (C=O) groups excluding carboxylic acids is 1. The molecule has 1 unspecified atom stereocenters. The second-order valence-electron chi connectivity index (χ2n) is 9.40. The van der Waals surface area contributed by atoms with E-state index in [1.54, 1.807) is 12.5 Å². The maximum Gasteiger partial charge on any atom is 0.154 e. The first-order valence-electron chi connectivity index (χ1n) is 12.1. The van der Waals surface area contributed by atoms with Gasteiger partial charge in [-0.05, 0) is 54.2 Å². The summed E-state index contributed by atoms with van der Waals surface area (Å²) in [5.41, 5.74) is 0. The van der Waals surface area contributed by atoms with E-state index in [1.165, 1.54) is 39.3 Å². The van der Waals surface area contributed by atoms with Crippen LogP contribution in [0.2, 0.25) is 0 Å². The second-order valence-corrected chi connectivity index (χ2v) is 10.9. The van der Waals surface area contributed by atoms with Gasteiger partial charge in [0.2, 0.25) is 0 Å². The number of likely N-dealkylation sites (N-methyl/N-ethyl adjacent to an activating group) is 6. The zero-order valence-corrected chi connectivity index (χ0v) is 30.1. The van der Waals surface area contributed by atoms with E-state index in [2.05, 4.69) is 89.8 Å². The SMILES string of the molecule is C=CC(=O)[O-].C=CP(=O)([O-])O.CN1CCN(C)C1.CN1CCN(C)C1.CN1CCN(C)C1.Cn1ccnc1.O.[Br-].[CH3-].[CH3-].[OH-]. The largest absolute Gasteiger partial charge is 1.00 e. The fourth-order valence-corrected chi connectivity index (χ4v) is 3.01. The van der Waals surface area contributed by atoms with Crippen LogP contribution in [0.1, 0.15) is 0 Å². The summed E-state index contributed by atoms with van der Waals surface area (Å²) in [6.07, 6.45) is 6.11. The number of nitrogens with zero attached hydrogens (tertiary/aromatic N) is 8. The van der Waals surface area contributed by atoms with Crippen molar-refractivity contribution in [1.82, 2.24) is 39.0 Å². The lowest BCUT2D eigenvalue weighted by atomic mass is 10.6. The molecule has 0 radical (unpaired) electrons. The summed E-state index contributed by atoms with van der Waals surface area (Å²) in [6, 6.07) is 0. The Bertz CT molecular complexity index is 740. The number of carboxylic acids is 1. The number of aliphatic carboxylic acids is 1. The lowest BCUT2D eigenvalue weighted by molar-refractivity contribution is -0.297. The van der Waals surface area contributed by atoms with Crippen LogP contribution >= 0.6 is 7.60 Å². The summed E-state index contributed by atoms with van der Waals surface area (Å²) < 4.78 is 11.4. The first-order valence-corrected chi connectivity index (χ1v) is 13.8. The molecule has 15 nitrogen and oxygen atoms in total. The molecular formula is C26H58BrN8O7P-6. The lowest BCUT2D eigenvalue weighted by Crippen LogP contribution is -3.00. The molecule has 3 fully saturated rings. The van der Waals surface area contributed by atoms with Gasteiger partial charge in [0, 0.05) is 58.7 Å². The smallest absolute Gasteiger partial charge is 0.154 e. The number of carbonyl (C=O) groups is 1. The highest BCUT2D eigenvalue weighted by molar-refractivity contribution is 7.53. The van der Waals surface area contributed by atoms with E-state index in [9.17, 15) is 9.46 Å². The molecule has 0 aromatic carbocycles.